The first-order chi connectivity index (χ1) is 22.1. The SMILES string of the molecule is CC(OC(=O)CC1CCCCC1)OC(=O)C1=C(CSc2nnnn2CCN(C)C)CS[C@H]2[C@H](NC(=O)Cc3csc(N)n3)C(=O)N12. The van der Waals surface area contributed by atoms with E-state index in [1.165, 1.54) is 53.1 Å². The highest BCUT2D eigenvalue weighted by molar-refractivity contribution is 8.01. The van der Waals surface area contributed by atoms with Crippen molar-refractivity contribution in [1.29, 1.82) is 0 Å². The number of β-lactam (4-membered cyclic amide) rings is 1. The Labute approximate surface area is 279 Å². The number of likely N-dealkylation sites (N-methyl/N-ethyl adjacent to an activating group) is 1. The Balaban J connectivity index is 1.27. The first-order valence-electron chi connectivity index (χ1n) is 15.2. The summed E-state index contributed by atoms with van der Waals surface area (Å²) < 4.78 is 12.7. The van der Waals surface area contributed by atoms with E-state index in [1.54, 1.807) is 10.1 Å². The van der Waals surface area contributed by atoms with Crippen LogP contribution in [0.2, 0.25) is 0 Å². The summed E-state index contributed by atoms with van der Waals surface area (Å²) in [6.45, 7) is 2.81. The van der Waals surface area contributed by atoms with Crippen LogP contribution in [0.4, 0.5) is 5.13 Å². The van der Waals surface area contributed by atoms with Gasteiger partial charge >= 0.3 is 11.9 Å². The van der Waals surface area contributed by atoms with Crippen LogP contribution in [0.25, 0.3) is 0 Å². The number of thiazole rings is 1. The van der Waals surface area contributed by atoms with Gasteiger partial charge in [-0.1, -0.05) is 31.0 Å². The first kappa shape index (κ1) is 34.1. The van der Waals surface area contributed by atoms with Crippen LogP contribution in [0.5, 0.6) is 0 Å². The Kier molecular flexibility index (Phi) is 11.6. The zero-order valence-corrected chi connectivity index (χ0v) is 28.5. The summed E-state index contributed by atoms with van der Waals surface area (Å²) in [6, 6.07) is -0.824. The Bertz CT molecular complexity index is 1460. The summed E-state index contributed by atoms with van der Waals surface area (Å²) in [5.74, 6) is -1.01. The van der Waals surface area contributed by atoms with Crippen LogP contribution >= 0.6 is 34.9 Å². The molecule has 15 nitrogen and oxygen atoms in total. The number of hydrogen-bond acceptors (Lipinski definition) is 15. The van der Waals surface area contributed by atoms with E-state index in [4.69, 9.17) is 15.2 Å². The number of nitrogens with zero attached hydrogens (tertiary/aromatic N) is 7. The molecule has 4 heterocycles. The number of hydrogen-bond donors (Lipinski definition) is 2. The molecule has 0 radical (unpaired) electrons. The maximum atomic E-state index is 13.7. The maximum Gasteiger partial charge on any atom is 0.358 e. The van der Waals surface area contributed by atoms with E-state index >= 15 is 0 Å². The van der Waals surface area contributed by atoms with Crippen molar-refractivity contribution in [3.63, 3.8) is 0 Å². The fraction of sp³-hybridized carbons (Fsp3) is 0.643. The molecule has 3 N–H and O–H groups in total. The second kappa shape index (κ2) is 15.6. The number of tetrazole rings is 1. The lowest BCUT2D eigenvalue weighted by Crippen LogP contribution is -2.70. The quantitative estimate of drug-likeness (QED) is 0.126. The minimum Gasteiger partial charge on any atom is -0.425 e. The number of aromatic nitrogens is 5. The molecule has 3 aliphatic rings. The molecular formula is C28H39N9O6S3. The largest absolute Gasteiger partial charge is 0.425 e. The topological polar surface area (TPSA) is 188 Å². The second-order valence-electron chi connectivity index (χ2n) is 11.7. The van der Waals surface area contributed by atoms with Gasteiger partial charge < -0.3 is 25.4 Å². The number of fused-ring (bicyclic) bond motifs is 1. The van der Waals surface area contributed by atoms with Crippen molar-refractivity contribution in [2.45, 2.75) is 81.3 Å². The fourth-order valence-corrected chi connectivity index (χ4v) is 8.50. The number of amides is 2. The standard InChI is InChI=1S/C28H39N9O6S3/c1-16(42-21(39)11-17-7-5-4-6-8-17)43-26(41)23-18(14-46-28-32-33-34-36(28)10-9-35(2)3)13-44-25-22(24(40)37(23)25)31-20(38)12-19-15-45-27(29)30-19/h15-17,22,25H,4-14H2,1-3H3,(H2,29,30)(H,31,38)/t16?,22-,25+/m1/s1. The summed E-state index contributed by atoms with van der Waals surface area (Å²) >= 11 is 4.02. The molecule has 1 saturated carbocycles. The van der Waals surface area contributed by atoms with Gasteiger partial charge in [-0.25, -0.2) is 14.5 Å². The van der Waals surface area contributed by atoms with Crippen LogP contribution in [0.1, 0.15) is 51.1 Å². The number of thioether (sulfide) groups is 2. The van der Waals surface area contributed by atoms with Gasteiger partial charge in [0, 0.05) is 36.8 Å². The second-order valence-corrected chi connectivity index (χ2v) is 14.6. The molecule has 18 heteroatoms. The van der Waals surface area contributed by atoms with E-state index in [1.807, 2.05) is 19.0 Å². The molecular weight excluding hydrogens is 655 g/mol. The van der Waals surface area contributed by atoms with E-state index in [0.717, 1.165) is 32.2 Å². The molecule has 250 valence electrons. The number of carbonyl (C=O) groups is 4. The van der Waals surface area contributed by atoms with Gasteiger partial charge in [0.25, 0.3) is 5.91 Å². The van der Waals surface area contributed by atoms with E-state index in [2.05, 4.69) is 25.8 Å². The molecule has 2 fully saturated rings. The molecule has 2 amide bonds. The highest BCUT2D eigenvalue weighted by atomic mass is 32.2. The number of nitrogens with one attached hydrogen (secondary N) is 1. The van der Waals surface area contributed by atoms with Crippen LogP contribution in [0, 0.1) is 5.92 Å². The average Bonchev–Trinajstić information content (AvgIpc) is 3.65. The Morgan fingerprint density at radius 1 is 1.22 bits per heavy atom. The Hall–Kier alpha value is -3.22. The molecule has 1 aliphatic carbocycles. The maximum absolute atomic E-state index is 13.7. The molecule has 2 aliphatic heterocycles. The predicted molar refractivity (Wildman–Crippen MR) is 172 cm³/mol. The predicted octanol–water partition coefficient (Wildman–Crippen LogP) is 1.67. The summed E-state index contributed by atoms with van der Waals surface area (Å²) in [6.07, 6.45) is 4.48. The van der Waals surface area contributed by atoms with Gasteiger partial charge in [-0.15, -0.1) is 28.2 Å². The monoisotopic (exact) mass is 693 g/mol. The molecule has 1 saturated heterocycles. The molecule has 0 bridgehead atoms. The van der Waals surface area contributed by atoms with Crippen molar-refractivity contribution in [3.8, 4) is 0 Å². The van der Waals surface area contributed by atoms with Gasteiger partial charge in [-0.3, -0.25) is 19.3 Å². The number of nitrogens with two attached hydrogens (primary N) is 1. The van der Waals surface area contributed by atoms with Crippen LogP contribution in [-0.2, 0) is 41.6 Å². The molecule has 1 unspecified atom stereocenters. The summed E-state index contributed by atoms with van der Waals surface area (Å²) in [7, 11) is 3.91. The third-order valence-corrected chi connectivity index (χ3v) is 11.0. The third-order valence-electron chi connectivity index (χ3n) is 7.85. The number of carbonyl (C=O) groups excluding carboxylic acids is 4. The summed E-state index contributed by atoms with van der Waals surface area (Å²) in [5, 5.41) is 16.9. The van der Waals surface area contributed by atoms with E-state index in [0.29, 0.717) is 39.6 Å². The molecule has 46 heavy (non-hydrogen) atoms. The zero-order chi connectivity index (χ0) is 32.8. The van der Waals surface area contributed by atoms with Crippen LogP contribution < -0.4 is 11.1 Å². The first-order valence-corrected chi connectivity index (χ1v) is 18.1. The Morgan fingerprint density at radius 3 is 2.72 bits per heavy atom. The summed E-state index contributed by atoms with van der Waals surface area (Å²) in [4.78, 5) is 59.9. The van der Waals surface area contributed by atoms with Gasteiger partial charge in [0.15, 0.2) is 5.13 Å². The summed E-state index contributed by atoms with van der Waals surface area (Å²) in [5.41, 5.74) is 6.92. The van der Waals surface area contributed by atoms with Crippen LogP contribution in [0.15, 0.2) is 21.8 Å². The minimum absolute atomic E-state index is 0.0201. The lowest BCUT2D eigenvalue weighted by molar-refractivity contribution is -0.185. The molecule has 2 aromatic heterocycles. The molecule has 3 atom stereocenters. The number of ether oxygens (including phenoxy) is 2. The molecule has 0 spiro atoms. The van der Waals surface area contributed by atoms with Crippen molar-refractivity contribution < 1.29 is 28.7 Å². The zero-order valence-electron chi connectivity index (χ0n) is 26.0. The van der Waals surface area contributed by atoms with Gasteiger partial charge in [0.05, 0.1) is 18.7 Å². The van der Waals surface area contributed by atoms with Gasteiger partial charge in [0.2, 0.25) is 17.4 Å². The number of esters is 2. The lowest BCUT2D eigenvalue weighted by atomic mass is 9.87. The van der Waals surface area contributed by atoms with E-state index in [9.17, 15) is 19.2 Å². The average molecular weight is 694 g/mol. The van der Waals surface area contributed by atoms with Crippen LogP contribution in [-0.4, -0.2) is 109 Å². The third kappa shape index (κ3) is 8.57. The minimum atomic E-state index is -1.14. The number of rotatable bonds is 14. The number of nitrogen functional groups attached to an aromatic ring is 1. The lowest BCUT2D eigenvalue weighted by Gasteiger charge is -2.49. The van der Waals surface area contributed by atoms with Crippen molar-refractivity contribution in [3.05, 3.63) is 22.3 Å². The van der Waals surface area contributed by atoms with Crippen molar-refractivity contribution in [2.24, 2.45) is 5.92 Å². The van der Waals surface area contributed by atoms with Gasteiger partial charge in [-0.05, 0) is 48.9 Å². The van der Waals surface area contributed by atoms with Crippen molar-refractivity contribution in [1.82, 2.24) is 40.3 Å². The highest BCUT2D eigenvalue weighted by Gasteiger charge is 2.54. The highest BCUT2D eigenvalue weighted by Crippen LogP contribution is 2.42. The molecule has 5 rings (SSSR count). The van der Waals surface area contributed by atoms with Crippen molar-refractivity contribution >= 4 is 63.7 Å². The van der Waals surface area contributed by atoms with Gasteiger partial charge in [-0.2, -0.15) is 0 Å². The number of anilines is 1. The van der Waals surface area contributed by atoms with E-state index in [-0.39, 0.29) is 30.4 Å². The van der Waals surface area contributed by atoms with Crippen LogP contribution in [0.3, 0.4) is 0 Å². The van der Waals surface area contributed by atoms with Gasteiger partial charge in [0.1, 0.15) is 17.1 Å². The molecule has 2 aromatic rings. The normalized spacial score (nSPS) is 20.7. The molecule has 0 aromatic carbocycles. The van der Waals surface area contributed by atoms with E-state index < -0.39 is 35.6 Å². The van der Waals surface area contributed by atoms with Crippen molar-refractivity contribution in [2.75, 3.05) is 37.9 Å². The Morgan fingerprint density at radius 2 is 2.00 bits per heavy atom. The fourth-order valence-electron chi connectivity index (χ4n) is 5.55. The smallest absolute Gasteiger partial charge is 0.358 e.